The van der Waals surface area contributed by atoms with Gasteiger partial charge in [-0.3, -0.25) is 0 Å². The van der Waals surface area contributed by atoms with Gasteiger partial charge in [0.15, 0.2) is 0 Å². The van der Waals surface area contributed by atoms with Crippen molar-refractivity contribution in [3.8, 4) is 11.5 Å². The Morgan fingerprint density at radius 2 is 1.89 bits per heavy atom. The van der Waals surface area contributed by atoms with Crippen LogP contribution < -0.4 is 4.74 Å². The van der Waals surface area contributed by atoms with Gasteiger partial charge in [0, 0.05) is 5.39 Å². The number of phenolic OH excluding ortho intramolecular Hbond substituents is 1. The number of methoxy groups -OCH3 is 2. The Hall–Kier alpha value is -2.23. The summed E-state index contributed by atoms with van der Waals surface area (Å²) < 4.78 is 9.80. The monoisotopic (exact) mass is 246 g/mol. The maximum absolute atomic E-state index is 11.6. The molecular weight excluding hydrogens is 232 g/mol. The van der Waals surface area contributed by atoms with E-state index < -0.39 is 5.97 Å². The van der Waals surface area contributed by atoms with Gasteiger partial charge in [-0.05, 0) is 36.1 Å². The van der Waals surface area contributed by atoms with Crippen molar-refractivity contribution in [2.45, 2.75) is 6.92 Å². The fraction of sp³-hybridized carbons (Fsp3) is 0.214. The Morgan fingerprint density at radius 3 is 2.50 bits per heavy atom. The van der Waals surface area contributed by atoms with Gasteiger partial charge in [-0.15, -0.1) is 0 Å². The van der Waals surface area contributed by atoms with Crippen LogP contribution in [0.5, 0.6) is 11.5 Å². The molecule has 0 aliphatic carbocycles. The zero-order valence-electron chi connectivity index (χ0n) is 10.5. The Balaban J connectivity index is 2.75. The van der Waals surface area contributed by atoms with Gasteiger partial charge in [0.05, 0.1) is 19.8 Å². The number of aromatic hydroxyl groups is 1. The lowest BCUT2D eigenvalue weighted by Crippen LogP contribution is -2.04. The van der Waals surface area contributed by atoms with E-state index in [1.165, 1.54) is 13.2 Å². The summed E-state index contributed by atoms with van der Waals surface area (Å²) in [5.74, 6) is 0.235. The van der Waals surface area contributed by atoms with E-state index in [2.05, 4.69) is 0 Å². The van der Waals surface area contributed by atoms with Crippen LogP contribution in [0.15, 0.2) is 24.3 Å². The number of hydrogen-bond acceptors (Lipinski definition) is 4. The molecule has 4 nitrogen and oxygen atoms in total. The van der Waals surface area contributed by atoms with Gasteiger partial charge in [0.1, 0.15) is 11.5 Å². The summed E-state index contributed by atoms with van der Waals surface area (Å²) in [4.78, 5) is 11.6. The van der Waals surface area contributed by atoms with Crippen molar-refractivity contribution >= 4 is 16.7 Å². The Morgan fingerprint density at radius 1 is 1.17 bits per heavy atom. The fourth-order valence-corrected chi connectivity index (χ4v) is 1.98. The standard InChI is InChI=1S/C14H14O4/c1-8-10-5-4-9(17-2)6-12(10)13(15)7-11(8)14(16)18-3/h4-7,15H,1-3H3. The molecule has 4 heteroatoms. The van der Waals surface area contributed by atoms with Crippen molar-refractivity contribution in [1.29, 1.82) is 0 Å². The van der Waals surface area contributed by atoms with E-state index in [9.17, 15) is 9.90 Å². The average Bonchev–Trinajstić information content (AvgIpc) is 2.41. The van der Waals surface area contributed by atoms with Crippen LogP contribution in [0.2, 0.25) is 0 Å². The first kappa shape index (κ1) is 12.2. The van der Waals surface area contributed by atoms with Crippen LogP contribution in [0, 0.1) is 6.92 Å². The number of esters is 1. The Kier molecular flexibility index (Phi) is 3.10. The van der Waals surface area contributed by atoms with Crippen molar-refractivity contribution < 1.29 is 19.4 Å². The maximum Gasteiger partial charge on any atom is 0.338 e. The molecule has 18 heavy (non-hydrogen) atoms. The SMILES string of the molecule is COC(=O)c1cc(O)c2cc(OC)ccc2c1C. The van der Waals surface area contributed by atoms with Crippen molar-refractivity contribution in [1.82, 2.24) is 0 Å². The molecule has 0 aromatic heterocycles. The number of rotatable bonds is 2. The quantitative estimate of drug-likeness (QED) is 0.828. The van der Waals surface area contributed by atoms with Crippen molar-refractivity contribution in [2.75, 3.05) is 14.2 Å². The minimum absolute atomic E-state index is 0.0369. The molecule has 0 radical (unpaired) electrons. The second-order valence-electron chi connectivity index (χ2n) is 3.97. The molecule has 0 bridgehead atoms. The van der Waals surface area contributed by atoms with E-state index in [1.54, 1.807) is 19.2 Å². The molecule has 2 aromatic rings. The summed E-state index contributed by atoms with van der Waals surface area (Å²) in [6.45, 7) is 1.82. The molecule has 2 rings (SSSR count). The van der Waals surface area contributed by atoms with Gasteiger partial charge in [0.2, 0.25) is 0 Å². The third-order valence-corrected chi connectivity index (χ3v) is 3.00. The van der Waals surface area contributed by atoms with Gasteiger partial charge in [-0.1, -0.05) is 6.07 Å². The zero-order chi connectivity index (χ0) is 13.3. The Labute approximate surface area is 105 Å². The fourth-order valence-electron chi connectivity index (χ4n) is 1.98. The molecule has 0 fully saturated rings. The third-order valence-electron chi connectivity index (χ3n) is 3.00. The van der Waals surface area contributed by atoms with E-state index >= 15 is 0 Å². The molecular formula is C14H14O4. The summed E-state index contributed by atoms with van der Waals surface area (Å²) in [7, 11) is 2.88. The number of benzene rings is 2. The highest BCUT2D eigenvalue weighted by atomic mass is 16.5. The van der Waals surface area contributed by atoms with Gasteiger partial charge >= 0.3 is 5.97 Å². The lowest BCUT2D eigenvalue weighted by molar-refractivity contribution is 0.0599. The predicted molar refractivity (Wildman–Crippen MR) is 68.2 cm³/mol. The van der Waals surface area contributed by atoms with E-state index in [0.717, 1.165) is 10.9 Å². The van der Waals surface area contributed by atoms with Crippen molar-refractivity contribution in [3.05, 3.63) is 35.4 Å². The maximum atomic E-state index is 11.6. The van der Waals surface area contributed by atoms with Crippen LogP contribution in [-0.2, 0) is 4.74 Å². The number of aryl methyl sites for hydroxylation is 1. The largest absolute Gasteiger partial charge is 0.507 e. The van der Waals surface area contributed by atoms with Gasteiger partial charge in [-0.25, -0.2) is 4.79 Å². The molecule has 0 saturated heterocycles. The summed E-state index contributed by atoms with van der Waals surface area (Å²) >= 11 is 0. The number of hydrogen-bond donors (Lipinski definition) is 1. The average molecular weight is 246 g/mol. The minimum atomic E-state index is -0.458. The summed E-state index contributed by atoms with van der Waals surface area (Å²) in [6.07, 6.45) is 0. The molecule has 0 heterocycles. The lowest BCUT2D eigenvalue weighted by atomic mass is 9.99. The molecule has 0 aliphatic heterocycles. The van der Waals surface area contributed by atoms with Gasteiger partial charge in [0.25, 0.3) is 0 Å². The summed E-state index contributed by atoms with van der Waals surface area (Å²) in [5, 5.41) is 11.4. The van der Waals surface area contributed by atoms with E-state index in [4.69, 9.17) is 9.47 Å². The zero-order valence-corrected chi connectivity index (χ0v) is 10.5. The first-order valence-electron chi connectivity index (χ1n) is 5.47. The molecule has 0 amide bonds. The number of carbonyl (C=O) groups is 1. The predicted octanol–water partition coefficient (Wildman–Crippen LogP) is 2.65. The van der Waals surface area contributed by atoms with Crippen LogP contribution in [0.4, 0.5) is 0 Å². The number of ether oxygens (including phenoxy) is 2. The smallest absolute Gasteiger partial charge is 0.338 e. The second-order valence-corrected chi connectivity index (χ2v) is 3.97. The molecule has 2 aromatic carbocycles. The molecule has 0 saturated carbocycles. The number of phenols is 1. The highest BCUT2D eigenvalue weighted by Crippen LogP contribution is 2.33. The van der Waals surface area contributed by atoms with E-state index in [1.807, 2.05) is 13.0 Å². The summed E-state index contributed by atoms with van der Waals surface area (Å²) in [5.41, 5.74) is 1.14. The van der Waals surface area contributed by atoms with E-state index in [-0.39, 0.29) is 5.75 Å². The highest BCUT2D eigenvalue weighted by Gasteiger charge is 2.15. The Bertz CT molecular complexity index is 617. The normalized spacial score (nSPS) is 10.4. The highest BCUT2D eigenvalue weighted by molar-refractivity contribution is 6.01. The van der Waals surface area contributed by atoms with Crippen LogP contribution in [0.25, 0.3) is 10.8 Å². The molecule has 1 N–H and O–H groups in total. The summed E-state index contributed by atoms with van der Waals surface area (Å²) in [6, 6.07) is 6.76. The molecule has 0 spiro atoms. The van der Waals surface area contributed by atoms with E-state index in [0.29, 0.717) is 16.7 Å². The molecule has 0 unspecified atom stereocenters. The lowest BCUT2D eigenvalue weighted by Gasteiger charge is -2.11. The van der Waals surface area contributed by atoms with Crippen LogP contribution in [0.3, 0.4) is 0 Å². The van der Waals surface area contributed by atoms with Crippen molar-refractivity contribution in [2.24, 2.45) is 0 Å². The first-order valence-corrected chi connectivity index (χ1v) is 5.47. The number of carbonyl (C=O) groups excluding carboxylic acids is 1. The van der Waals surface area contributed by atoms with Gasteiger partial charge < -0.3 is 14.6 Å². The van der Waals surface area contributed by atoms with Crippen molar-refractivity contribution in [3.63, 3.8) is 0 Å². The number of fused-ring (bicyclic) bond motifs is 1. The first-order chi connectivity index (χ1) is 8.58. The third kappa shape index (κ3) is 1.86. The topological polar surface area (TPSA) is 55.8 Å². The molecule has 94 valence electrons. The minimum Gasteiger partial charge on any atom is -0.507 e. The second kappa shape index (κ2) is 4.56. The van der Waals surface area contributed by atoms with Gasteiger partial charge in [-0.2, -0.15) is 0 Å². The van der Waals surface area contributed by atoms with Crippen LogP contribution in [-0.4, -0.2) is 25.3 Å². The molecule has 0 aliphatic rings. The molecule has 0 atom stereocenters. The van der Waals surface area contributed by atoms with Crippen LogP contribution >= 0.6 is 0 Å². The van der Waals surface area contributed by atoms with Crippen LogP contribution in [0.1, 0.15) is 15.9 Å².